The van der Waals surface area contributed by atoms with E-state index in [1.54, 1.807) is 0 Å². The fourth-order valence-electron chi connectivity index (χ4n) is 4.13. The van der Waals surface area contributed by atoms with Gasteiger partial charge in [-0.2, -0.15) is 0 Å². The molecule has 2 aromatic rings. The van der Waals surface area contributed by atoms with Gasteiger partial charge in [0, 0.05) is 23.8 Å². The SMILES string of the molecule is OC1(Cn2c(-c3cc(Br)c[nH]3)nnc2N2CCCC2)CCCCCC1. The van der Waals surface area contributed by atoms with Gasteiger partial charge in [0.25, 0.3) is 0 Å². The van der Waals surface area contributed by atoms with Crippen LogP contribution < -0.4 is 4.90 Å². The Hall–Kier alpha value is -1.34. The van der Waals surface area contributed by atoms with Crippen LogP contribution in [0.3, 0.4) is 0 Å². The molecule has 1 saturated heterocycles. The first kappa shape index (κ1) is 17.1. The van der Waals surface area contributed by atoms with Crippen molar-refractivity contribution >= 4 is 21.9 Å². The average molecular weight is 408 g/mol. The van der Waals surface area contributed by atoms with E-state index in [1.807, 2.05) is 12.3 Å². The van der Waals surface area contributed by atoms with E-state index < -0.39 is 5.60 Å². The van der Waals surface area contributed by atoms with Crippen molar-refractivity contribution in [1.82, 2.24) is 19.7 Å². The van der Waals surface area contributed by atoms with Crippen molar-refractivity contribution in [2.75, 3.05) is 18.0 Å². The van der Waals surface area contributed by atoms with E-state index in [2.05, 4.69) is 40.6 Å². The third kappa shape index (κ3) is 3.62. The van der Waals surface area contributed by atoms with Crippen molar-refractivity contribution in [2.24, 2.45) is 0 Å². The topological polar surface area (TPSA) is 70.0 Å². The molecule has 1 saturated carbocycles. The first-order chi connectivity index (χ1) is 12.1. The number of nitrogens with zero attached hydrogens (tertiary/aromatic N) is 4. The minimum Gasteiger partial charge on any atom is -0.388 e. The molecule has 2 aromatic heterocycles. The molecule has 6 nitrogen and oxygen atoms in total. The van der Waals surface area contributed by atoms with Gasteiger partial charge < -0.3 is 15.0 Å². The molecule has 4 rings (SSSR count). The Balaban J connectivity index is 1.70. The summed E-state index contributed by atoms with van der Waals surface area (Å²) in [5, 5.41) is 20.2. The van der Waals surface area contributed by atoms with E-state index in [9.17, 15) is 5.11 Å². The Morgan fingerprint density at radius 3 is 2.44 bits per heavy atom. The number of hydrogen-bond acceptors (Lipinski definition) is 4. The van der Waals surface area contributed by atoms with Gasteiger partial charge in [-0.15, -0.1) is 10.2 Å². The second-order valence-electron chi connectivity index (χ2n) is 7.47. The molecular formula is C18H26BrN5O. The summed E-state index contributed by atoms with van der Waals surface area (Å²) in [5.41, 5.74) is 0.272. The summed E-state index contributed by atoms with van der Waals surface area (Å²) in [6.07, 6.45) is 10.7. The molecule has 7 heteroatoms. The van der Waals surface area contributed by atoms with Crippen LogP contribution in [0.2, 0.25) is 0 Å². The number of rotatable bonds is 4. The largest absolute Gasteiger partial charge is 0.388 e. The maximum absolute atomic E-state index is 11.3. The van der Waals surface area contributed by atoms with Crippen LogP contribution in [0.15, 0.2) is 16.7 Å². The van der Waals surface area contributed by atoms with E-state index in [0.29, 0.717) is 6.54 Å². The minimum absolute atomic E-state index is 0.567. The van der Waals surface area contributed by atoms with E-state index >= 15 is 0 Å². The van der Waals surface area contributed by atoms with E-state index in [4.69, 9.17) is 0 Å². The molecule has 2 N–H and O–H groups in total. The Morgan fingerprint density at radius 1 is 1.08 bits per heavy atom. The normalized spacial score (nSPS) is 20.8. The van der Waals surface area contributed by atoms with Crippen LogP contribution in [0.4, 0.5) is 5.95 Å². The molecule has 0 radical (unpaired) electrons. The van der Waals surface area contributed by atoms with Crippen LogP contribution in [0.25, 0.3) is 11.5 Å². The van der Waals surface area contributed by atoms with Gasteiger partial charge in [-0.3, -0.25) is 4.57 Å². The lowest BCUT2D eigenvalue weighted by Crippen LogP contribution is -2.35. The molecule has 0 spiro atoms. The third-order valence-electron chi connectivity index (χ3n) is 5.50. The molecule has 25 heavy (non-hydrogen) atoms. The molecule has 0 atom stereocenters. The molecule has 0 bridgehead atoms. The number of aromatic nitrogens is 4. The highest BCUT2D eigenvalue weighted by Gasteiger charge is 2.32. The Labute approximate surface area is 156 Å². The summed E-state index contributed by atoms with van der Waals surface area (Å²) in [5.74, 6) is 1.71. The summed E-state index contributed by atoms with van der Waals surface area (Å²) in [6.45, 7) is 2.60. The maximum atomic E-state index is 11.3. The van der Waals surface area contributed by atoms with Gasteiger partial charge in [0.1, 0.15) is 0 Å². The maximum Gasteiger partial charge on any atom is 0.227 e. The Kier molecular flexibility index (Phi) is 4.86. The van der Waals surface area contributed by atoms with Gasteiger partial charge in [-0.1, -0.05) is 25.7 Å². The number of aliphatic hydroxyl groups is 1. The Bertz CT molecular complexity index is 711. The second kappa shape index (κ2) is 7.11. The van der Waals surface area contributed by atoms with Crippen molar-refractivity contribution in [3.8, 4) is 11.5 Å². The van der Waals surface area contributed by atoms with E-state index in [-0.39, 0.29) is 0 Å². The van der Waals surface area contributed by atoms with Crippen molar-refractivity contribution in [1.29, 1.82) is 0 Å². The lowest BCUT2D eigenvalue weighted by Gasteiger charge is -2.29. The van der Waals surface area contributed by atoms with E-state index in [0.717, 1.165) is 60.7 Å². The Morgan fingerprint density at radius 2 is 1.80 bits per heavy atom. The third-order valence-corrected chi connectivity index (χ3v) is 5.95. The highest BCUT2D eigenvalue weighted by molar-refractivity contribution is 9.10. The number of aromatic amines is 1. The molecule has 0 amide bonds. The molecule has 136 valence electrons. The number of H-pyrrole nitrogens is 1. The minimum atomic E-state index is -0.661. The fourth-order valence-corrected chi connectivity index (χ4v) is 4.47. The lowest BCUT2D eigenvalue weighted by molar-refractivity contribution is 0.00867. The van der Waals surface area contributed by atoms with Gasteiger partial charge in [-0.25, -0.2) is 0 Å². The van der Waals surface area contributed by atoms with Gasteiger partial charge in [-0.05, 0) is 47.7 Å². The monoisotopic (exact) mass is 407 g/mol. The van der Waals surface area contributed by atoms with Crippen LogP contribution in [0.5, 0.6) is 0 Å². The average Bonchev–Trinajstić information content (AvgIpc) is 3.29. The quantitative estimate of drug-likeness (QED) is 0.757. The van der Waals surface area contributed by atoms with Crippen LogP contribution in [-0.4, -0.2) is 43.5 Å². The predicted octanol–water partition coefficient (Wildman–Crippen LogP) is 3.72. The zero-order chi connectivity index (χ0) is 17.3. The van der Waals surface area contributed by atoms with E-state index in [1.165, 1.54) is 25.7 Å². The van der Waals surface area contributed by atoms with Crippen molar-refractivity contribution < 1.29 is 5.11 Å². The number of anilines is 1. The summed E-state index contributed by atoms with van der Waals surface area (Å²) >= 11 is 3.50. The highest BCUT2D eigenvalue weighted by Crippen LogP contribution is 2.33. The number of halogens is 1. The second-order valence-corrected chi connectivity index (χ2v) is 8.39. The number of hydrogen-bond donors (Lipinski definition) is 2. The predicted molar refractivity (Wildman–Crippen MR) is 102 cm³/mol. The van der Waals surface area contributed by atoms with Crippen molar-refractivity contribution in [3.63, 3.8) is 0 Å². The lowest BCUT2D eigenvalue weighted by atomic mass is 9.94. The first-order valence-electron chi connectivity index (χ1n) is 9.39. The van der Waals surface area contributed by atoms with Crippen LogP contribution in [-0.2, 0) is 6.54 Å². The van der Waals surface area contributed by atoms with Gasteiger partial charge in [0.15, 0.2) is 5.82 Å². The smallest absolute Gasteiger partial charge is 0.227 e. The molecule has 2 aliphatic rings. The highest BCUT2D eigenvalue weighted by atomic mass is 79.9. The summed E-state index contributed by atoms with van der Waals surface area (Å²) in [7, 11) is 0. The van der Waals surface area contributed by atoms with Crippen LogP contribution in [0.1, 0.15) is 51.4 Å². The fraction of sp³-hybridized carbons (Fsp3) is 0.667. The molecule has 0 unspecified atom stereocenters. The zero-order valence-electron chi connectivity index (χ0n) is 14.5. The van der Waals surface area contributed by atoms with Gasteiger partial charge >= 0.3 is 0 Å². The first-order valence-corrected chi connectivity index (χ1v) is 10.2. The molecular weight excluding hydrogens is 382 g/mol. The van der Waals surface area contributed by atoms with Crippen LogP contribution >= 0.6 is 15.9 Å². The molecule has 2 fully saturated rings. The van der Waals surface area contributed by atoms with Gasteiger partial charge in [0.05, 0.1) is 17.8 Å². The summed E-state index contributed by atoms with van der Waals surface area (Å²) in [4.78, 5) is 5.56. The van der Waals surface area contributed by atoms with Crippen molar-refractivity contribution in [2.45, 2.75) is 63.5 Å². The van der Waals surface area contributed by atoms with Crippen molar-refractivity contribution in [3.05, 3.63) is 16.7 Å². The number of nitrogens with one attached hydrogen (secondary N) is 1. The summed E-state index contributed by atoms with van der Waals surface area (Å²) < 4.78 is 3.13. The molecule has 0 aromatic carbocycles. The summed E-state index contributed by atoms with van der Waals surface area (Å²) in [6, 6.07) is 2.02. The zero-order valence-corrected chi connectivity index (χ0v) is 16.1. The molecule has 3 heterocycles. The standard InChI is InChI=1S/C18H26BrN5O/c19-14-11-15(20-12-14)16-21-22-17(23-9-5-6-10-23)24(16)13-18(25)7-3-1-2-4-8-18/h11-12,20,25H,1-10,13H2. The van der Waals surface area contributed by atoms with Crippen LogP contribution in [0, 0.1) is 0 Å². The molecule has 1 aliphatic heterocycles. The van der Waals surface area contributed by atoms with Gasteiger partial charge in [0.2, 0.25) is 5.95 Å². The molecule has 1 aliphatic carbocycles.